The molecule has 0 bridgehead atoms. The molecular weight excluding hydrogens is 352 g/mol. The number of likely N-dealkylation sites (N-methyl/N-ethyl adjacent to an activating group) is 1. The van der Waals surface area contributed by atoms with Crippen molar-refractivity contribution in [3.63, 3.8) is 0 Å². The Balaban J connectivity index is 4.50. The normalized spacial score (nSPS) is 11.9. The number of aliphatic carboxylic acids is 3. The molecule has 0 unspecified atom stereocenters. The van der Waals surface area contributed by atoms with Gasteiger partial charge < -0.3 is 20.2 Å². The van der Waals surface area contributed by atoms with Gasteiger partial charge in [-0.15, -0.1) is 0 Å². The lowest BCUT2D eigenvalue weighted by molar-refractivity contribution is -0.139. The molecule has 0 aliphatic carbocycles. The fourth-order valence-electron chi connectivity index (χ4n) is 2.86. The lowest BCUT2D eigenvalue weighted by atomic mass is 10.0. The molecule has 0 radical (unpaired) electrons. The minimum atomic E-state index is -0.984. The lowest BCUT2D eigenvalue weighted by Crippen LogP contribution is -2.38. The Kier molecular flexibility index (Phi) is 14.1. The van der Waals surface area contributed by atoms with Crippen LogP contribution in [0.3, 0.4) is 0 Å². The standard InChI is InChI=1S/C19H34N2O6/c1-3-10-21(15-19(26)27)13-12-20(4-2)11-9-16(14-18(24)25)7-5-6-8-17(22)23/h14H,3-13,15H2,1-2H3,(H,22,23)(H,24,25)(H,26,27)/b16-14-. The average Bonchev–Trinajstić information content (AvgIpc) is 2.57. The van der Waals surface area contributed by atoms with Gasteiger partial charge in [0.25, 0.3) is 0 Å². The van der Waals surface area contributed by atoms with Crippen LogP contribution in [0.2, 0.25) is 0 Å². The number of carboxylic acid groups (broad SMARTS) is 3. The van der Waals surface area contributed by atoms with Crippen molar-refractivity contribution in [2.24, 2.45) is 0 Å². The Hall–Kier alpha value is -1.93. The van der Waals surface area contributed by atoms with Crippen LogP contribution in [-0.4, -0.2) is 82.3 Å². The molecule has 3 N–H and O–H groups in total. The van der Waals surface area contributed by atoms with Gasteiger partial charge in [-0.25, -0.2) is 4.79 Å². The van der Waals surface area contributed by atoms with Crippen LogP contribution in [-0.2, 0) is 14.4 Å². The van der Waals surface area contributed by atoms with Crippen molar-refractivity contribution in [3.05, 3.63) is 11.6 Å². The van der Waals surface area contributed by atoms with Gasteiger partial charge in [-0.3, -0.25) is 14.5 Å². The van der Waals surface area contributed by atoms with Gasteiger partial charge in [0.05, 0.1) is 6.54 Å². The van der Waals surface area contributed by atoms with Crippen LogP contribution in [0.4, 0.5) is 0 Å². The summed E-state index contributed by atoms with van der Waals surface area (Å²) in [7, 11) is 0. The second kappa shape index (κ2) is 15.2. The summed E-state index contributed by atoms with van der Waals surface area (Å²) >= 11 is 0. The third-order valence-corrected chi connectivity index (χ3v) is 4.29. The van der Waals surface area contributed by atoms with Gasteiger partial charge >= 0.3 is 17.9 Å². The topological polar surface area (TPSA) is 118 Å². The summed E-state index contributed by atoms with van der Waals surface area (Å²) in [6.07, 6.45) is 4.59. The van der Waals surface area contributed by atoms with Crippen molar-refractivity contribution >= 4 is 17.9 Å². The van der Waals surface area contributed by atoms with E-state index >= 15 is 0 Å². The van der Waals surface area contributed by atoms with Crippen LogP contribution >= 0.6 is 0 Å². The van der Waals surface area contributed by atoms with Crippen molar-refractivity contribution in [1.29, 1.82) is 0 Å². The van der Waals surface area contributed by atoms with Crippen LogP contribution in [0.1, 0.15) is 52.4 Å². The van der Waals surface area contributed by atoms with Crippen molar-refractivity contribution in [3.8, 4) is 0 Å². The number of nitrogens with zero attached hydrogens (tertiary/aromatic N) is 2. The molecule has 0 fully saturated rings. The molecule has 0 aliphatic rings. The molecule has 0 aromatic heterocycles. The fourth-order valence-corrected chi connectivity index (χ4v) is 2.86. The van der Waals surface area contributed by atoms with E-state index in [0.717, 1.165) is 31.6 Å². The van der Waals surface area contributed by atoms with E-state index in [-0.39, 0.29) is 13.0 Å². The molecule has 0 aromatic carbocycles. The summed E-state index contributed by atoms with van der Waals surface area (Å²) in [5, 5.41) is 26.7. The second-order valence-corrected chi connectivity index (χ2v) is 6.60. The Bertz CT molecular complexity index is 493. The smallest absolute Gasteiger partial charge is 0.328 e. The SMILES string of the molecule is CCCN(CCN(CC)CC/C(=C\C(=O)O)CCCCC(=O)O)CC(=O)O. The predicted molar refractivity (Wildman–Crippen MR) is 103 cm³/mol. The monoisotopic (exact) mass is 386 g/mol. The summed E-state index contributed by atoms with van der Waals surface area (Å²) in [6.45, 7) is 7.67. The molecule has 0 spiro atoms. The van der Waals surface area contributed by atoms with Gasteiger partial charge in [0, 0.05) is 32.1 Å². The molecule has 0 saturated carbocycles. The third kappa shape index (κ3) is 14.9. The number of carboxylic acids is 3. The molecule has 0 rings (SSSR count). The van der Waals surface area contributed by atoms with Crippen LogP contribution < -0.4 is 0 Å². The molecular formula is C19H34N2O6. The molecule has 0 heterocycles. The molecule has 27 heavy (non-hydrogen) atoms. The van der Waals surface area contributed by atoms with Crippen molar-refractivity contribution < 1.29 is 29.7 Å². The van der Waals surface area contributed by atoms with E-state index in [0.29, 0.717) is 38.8 Å². The number of hydrogen-bond donors (Lipinski definition) is 3. The maximum absolute atomic E-state index is 11.0. The van der Waals surface area contributed by atoms with E-state index in [2.05, 4.69) is 4.90 Å². The minimum Gasteiger partial charge on any atom is -0.481 e. The summed E-state index contributed by atoms with van der Waals surface area (Å²) in [5.41, 5.74) is 0.808. The fraction of sp³-hybridized carbons (Fsp3) is 0.737. The van der Waals surface area contributed by atoms with E-state index in [4.69, 9.17) is 15.3 Å². The summed E-state index contributed by atoms with van der Waals surface area (Å²) in [4.78, 5) is 36.6. The highest BCUT2D eigenvalue weighted by Gasteiger charge is 2.12. The molecule has 0 atom stereocenters. The van der Waals surface area contributed by atoms with E-state index in [1.54, 1.807) is 0 Å². The van der Waals surface area contributed by atoms with Gasteiger partial charge in [0.15, 0.2) is 0 Å². The molecule has 0 amide bonds. The third-order valence-electron chi connectivity index (χ3n) is 4.29. The van der Waals surface area contributed by atoms with Crippen LogP contribution in [0.5, 0.6) is 0 Å². The van der Waals surface area contributed by atoms with Crippen molar-refractivity contribution in [1.82, 2.24) is 9.80 Å². The first kappa shape index (κ1) is 25.1. The van der Waals surface area contributed by atoms with Crippen molar-refractivity contribution in [2.45, 2.75) is 52.4 Å². The summed E-state index contributed by atoms with van der Waals surface area (Å²) in [5.74, 6) is -2.66. The van der Waals surface area contributed by atoms with E-state index in [9.17, 15) is 14.4 Å². The van der Waals surface area contributed by atoms with E-state index in [1.165, 1.54) is 6.08 Å². The maximum Gasteiger partial charge on any atom is 0.328 e. The van der Waals surface area contributed by atoms with Crippen LogP contribution in [0.15, 0.2) is 11.6 Å². The van der Waals surface area contributed by atoms with Crippen molar-refractivity contribution in [2.75, 3.05) is 39.3 Å². The molecule has 8 nitrogen and oxygen atoms in total. The highest BCUT2D eigenvalue weighted by Crippen LogP contribution is 2.14. The van der Waals surface area contributed by atoms with Gasteiger partial charge in [0.2, 0.25) is 0 Å². The first-order chi connectivity index (χ1) is 12.8. The second-order valence-electron chi connectivity index (χ2n) is 6.60. The number of carbonyl (C=O) groups is 3. The highest BCUT2D eigenvalue weighted by atomic mass is 16.4. The lowest BCUT2D eigenvalue weighted by Gasteiger charge is -2.26. The largest absolute Gasteiger partial charge is 0.481 e. The summed E-state index contributed by atoms with van der Waals surface area (Å²) < 4.78 is 0. The minimum absolute atomic E-state index is 0.0269. The number of unbranched alkanes of at least 4 members (excludes halogenated alkanes) is 1. The van der Waals surface area contributed by atoms with Crippen LogP contribution in [0, 0.1) is 0 Å². The van der Waals surface area contributed by atoms with E-state index < -0.39 is 17.9 Å². The van der Waals surface area contributed by atoms with Gasteiger partial charge in [-0.1, -0.05) is 19.4 Å². The first-order valence-electron chi connectivity index (χ1n) is 9.59. The molecule has 0 saturated heterocycles. The maximum atomic E-state index is 11.0. The zero-order chi connectivity index (χ0) is 20.7. The zero-order valence-corrected chi connectivity index (χ0v) is 16.5. The van der Waals surface area contributed by atoms with Gasteiger partial charge in [-0.2, -0.15) is 0 Å². The van der Waals surface area contributed by atoms with Gasteiger partial charge in [-0.05, 0) is 45.2 Å². The summed E-state index contributed by atoms with van der Waals surface area (Å²) in [6, 6.07) is 0. The molecule has 0 aliphatic heterocycles. The highest BCUT2D eigenvalue weighted by molar-refractivity contribution is 5.80. The first-order valence-corrected chi connectivity index (χ1v) is 9.59. The predicted octanol–water partition coefficient (Wildman–Crippen LogP) is 2.15. The molecule has 0 aromatic rings. The zero-order valence-electron chi connectivity index (χ0n) is 16.5. The Labute approximate surface area is 161 Å². The Morgan fingerprint density at radius 1 is 0.778 bits per heavy atom. The Morgan fingerprint density at radius 2 is 1.41 bits per heavy atom. The van der Waals surface area contributed by atoms with Crippen LogP contribution in [0.25, 0.3) is 0 Å². The molecule has 156 valence electrons. The van der Waals surface area contributed by atoms with E-state index in [1.807, 2.05) is 18.7 Å². The quantitative estimate of drug-likeness (QED) is 0.257. The van der Waals surface area contributed by atoms with Gasteiger partial charge in [0.1, 0.15) is 0 Å². The number of hydrogen-bond acceptors (Lipinski definition) is 5. The molecule has 8 heteroatoms. The Morgan fingerprint density at radius 3 is 1.93 bits per heavy atom. The average molecular weight is 386 g/mol. The number of rotatable bonds is 17.